The van der Waals surface area contributed by atoms with Crippen molar-refractivity contribution in [1.82, 2.24) is 14.8 Å². The van der Waals surface area contributed by atoms with Crippen LogP contribution in [-0.4, -0.2) is 79.9 Å². The molecule has 5 nitrogen and oxygen atoms in total. The normalized spacial score (nSPS) is 20.6. The predicted octanol–water partition coefficient (Wildman–Crippen LogP) is 3.55. The largest absolute Gasteiger partial charge is 0.379 e. The zero-order valence-corrected chi connectivity index (χ0v) is 19.1. The molecule has 1 aromatic carbocycles. The zero-order valence-electron chi connectivity index (χ0n) is 19.1. The summed E-state index contributed by atoms with van der Waals surface area (Å²) in [4.78, 5) is 12.2. The molecule has 0 radical (unpaired) electrons. The second-order valence-electron chi connectivity index (χ2n) is 9.57. The summed E-state index contributed by atoms with van der Waals surface area (Å²) in [6, 6.07) is 11.2. The number of benzene rings is 1. The molecule has 164 valence electrons. The van der Waals surface area contributed by atoms with E-state index in [0.29, 0.717) is 0 Å². The van der Waals surface area contributed by atoms with Gasteiger partial charge in [0.25, 0.3) is 0 Å². The highest BCUT2D eigenvalue weighted by Crippen LogP contribution is 2.39. The molecule has 1 aromatic heterocycles. The molecule has 2 fully saturated rings. The first-order valence-corrected chi connectivity index (χ1v) is 11.6. The molecule has 2 aliphatic heterocycles. The maximum absolute atomic E-state index is 5.58. The molecule has 0 N–H and O–H groups in total. The third-order valence-corrected chi connectivity index (χ3v) is 7.38. The van der Waals surface area contributed by atoms with E-state index in [2.05, 4.69) is 72.0 Å². The Morgan fingerprint density at radius 1 is 0.903 bits per heavy atom. The fourth-order valence-corrected chi connectivity index (χ4v) is 5.10. The molecule has 2 saturated heterocycles. The van der Waals surface area contributed by atoms with Crippen LogP contribution in [0.3, 0.4) is 0 Å². The lowest BCUT2D eigenvalue weighted by Crippen LogP contribution is -2.50. The van der Waals surface area contributed by atoms with Gasteiger partial charge < -0.3 is 14.5 Å². The van der Waals surface area contributed by atoms with Crippen LogP contribution in [0.25, 0.3) is 17.3 Å². The average Bonchev–Trinajstić information content (AvgIpc) is 3.26. The number of anilines is 1. The Kier molecular flexibility index (Phi) is 5.59. The number of hydrogen-bond acceptors (Lipinski definition) is 5. The molecule has 0 amide bonds. The van der Waals surface area contributed by atoms with Gasteiger partial charge in [0, 0.05) is 67.8 Å². The maximum atomic E-state index is 5.58. The monoisotopic (exact) mass is 418 g/mol. The number of hydrogen-bond donors (Lipinski definition) is 0. The van der Waals surface area contributed by atoms with E-state index in [9.17, 15) is 0 Å². The van der Waals surface area contributed by atoms with Crippen molar-refractivity contribution < 1.29 is 4.74 Å². The summed E-state index contributed by atoms with van der Waals surface area (Å²) in [7, 11) is 2.20. The molecule has 0 saturated carbocycles. The standard InChI is InChI=1S/C26H34N4O/c1-26(2,30-14-16-31-17-15-30)22-18-21-8-9-27-25(24(21)19-22)20-4-6-23(7-5-20)29-12-10-28(3)11-13-29/h4-9,19H,10-18H2,1-3H3. The average molecular weight is 419 g/mol. The Morgan fingerprint density at radius 2 is 1.61 bits per heavy atom. The molecule has 5 rings (SSSR count). The van der Waals surface area contributed by atoms with Crippen LogP contribution in [0.1, 0.15) is 25.0 Å². The maximum Gasteiger partial charge on any atom is 0.0777 e. The lowest BCUT2D eigenvalue weighted by atomic mass is 9.90. The van der Waals surface area contributed by atoms with E-state index in [-0.39, 0.29) is 5.54 Å². The highest BCUT2D eigenvalue weighted by atomic mass is 16.5. The first-order valence-electron chi connectivity index (χ1n) is 11.6. The van der Waals surface area contributed by atoms with Gasteiger partial charge >= 0.3 is 0 Å². The summed E-state index contributed by atoms with van der Waals surface area (Å²) in [5, 5.41) is 0. The lowest BCUT2D eigenvalue weighted by Gasteiger charge is -2.42. The molecule has 1 aliphatic carbocycles. The fraction of sp³-hybridized carbons (Fsp3) is 0.500. The summed E-state index contributed by atoms with van der Waals surface area (Å²) in [5.74, 6) is 0. The van der Waals surface area contributed by atoms with Gasteiger partial charge in [-0.2, -0.15) is 0 Å². The second-order valence-corrected chi connectivity index (χ2v) is 9.57. The van der Waals surface area contributed by atoms with Crippen LogP contribution in [-0.2, 0) is 11.2 Å². The molecule has 0 unspecified atom stereocenters. The minimum atomic E-state index is 0.0331. The van der Waals surface area contributed by atoms with E-state index in [1.807, 2.05) is 6.20 Å². The fourth-order valence-electron chi connectivity index (χ4n) is 5.10. The molecule has 0 atom stereocenters. The Balaban J connectivity index is 1.40. The van der Waals surface area contributed by atoms with E-state index in [4.69, 9.17) is 9.72 Å². The molecule has 0 bridgehead atoms. The van der Waals surface area contributed by atoms with E-state index >= 15 is 0 Å². The number of morpholine rings is 1. The molecular formula is C26H34N4O. The van der Waals surface area contributed by atoms with E-state index in [0.717, 1.165) is 64.6 Å². The van der Waals surface area contributed by atoms with Crippen LogP contribution in [0.2, 0.25) is 0 Å². The van der Waals surface area contributed by atoms with Crippen LogP contribution < -0.4 is 4.90 Å². The Hall–Kier alpha value is -2.21. The molecule has 3 aliphatic rings. The number of likely N-dealkylation sites (N-methyl/N-ethyl adjacent to an activating group) is 1. The molecule has 3 heterocycles. The van der Waals surface area contributed by atoms with Gasteiger partial charge in [-0.25, -0.2) is 0 Å². The van der Waals surface area contributed by atoms with E-state index < -0.39 is 0 Å². The summed E-state index contributed by atoms with van der Waals surface area (Å²) in [6.45, 7) is 12.8. The van der Waals surface area contributed by atoms with Crippen LogP contribution in [0.15, 0.2) is 42.1 Å². The van der Waals surface area contributed by atoms with Crippen LogP contribution in [0.5, 0.6) is 0 Å². The van der Waals surface area contributed by atoms with Crippen LogP contribution in [0.4, 0.5) is 5.69 Å². The van der Waals surface area contributed by atoms with E-state index in [1.54, 1.807) is 0 Å². The second kappa shape index (κ2) is 8.38. The number of rotatable bonds is 4. The quantitative estimate of drug-likeness (QED) is 0.758. The number of ether oxygens (including phenoxy) is 1. The van der Waals surface area contributed by atoms with Gasteiger partial charge in [-0.3, -0.25) is 9.88 Å². The minimum absolute atomic E-state index is 0.0331. The molecule has 2 aromatic rings. The summed E-state index contributed by atoms with van der Waals surface area (Å²) >= 11 is 0. The lowest BCUT2D eigenvalue weighted by molar-refractivity contribution is 0.00131. The zero-order chi connectivity index (χ0) is 21.4. The van der Waals surface area contributed by atoms with Gasteiger partial charge in [-0.15, -0.1) is 0 Å². The van der Waals surface area contributed by atoms with Crippen molar-refractivity contribution in [3.63, 3.8) is 0 Å². The van der Waals surface area contributed by atoms with Gasteiger partial charge in [0.2, 0.25) is 0 Å². The number of piperazine rings is 1. The van der Waals surface area contributed by atoms with Crippen LogP contribution in [0, 0.1) is 0 Å². The molecule has 5 heteroatoms. The van der Waals surface area contributed by atoms with Crippen molar-refractivity contribution in [3.8, 4) is 11.3 Å². The van der Waals surface area contributed by atoms with Gasteiger partial charge in [-0.1, -0.05) is 18.2 Å². The number of pyridine rings is 1. The highest BCUT2D eigenvalue weighted by Gasteiger charge is 2.34. The molecule has 0 spiro atoms. The Labute approximate surface area is 186 Å². The van der Waals surface area contributed by atoms with Gasteiger partial charge in [0.15, 0.2) is 0 Å². The van der Waals surface area contributed by atoms with Crippen LogP contribution >= 0.6 is 0 Å². The predicted molar refractivity (Wildman–Crippen MR) is 128 cm³/mol. The summed E-state index contributed by atoms with van der Waals surface area (Å²) in [6.07, 6.45) is 5.39. The van der Waals surface area contributed by atoms with Gasteiger partial charge in [-0.05, 0) is 56.7 Å². The summed E-state index contributed by atoms with van der Waals surface area (Å²) in [5.41, 5.74) is 7.83. The first kappa shape index (κ1) is 20.7. The minimum Gasteiger partial charge on any atom is -0.379 e. The van der Waals surface area contributed by atoms with Gasteiger partial charge in [0.1, 0.15) is 0 Å². The third-order valence-electron chi connectivity index (χ3n) is 7.38. The van der Waals surface area contributed by atoms with Crippen molar-refractivity contribution in [2.75, 3.05) is 64.4 Å². The summed E-state index contributed by atoms with van der Waals surface area (Å²) < 4.78 is 5.58. The topological polar surface area (TPSA) is 31.8 Å². The smallest absolute Gasteiger partial charge is 0.0777 e. The Morgan fingerprint density at radius 3 is 2.32 bits per heavy atom. The Bertz CT molecular complexity index is 952. The number of fused-ring (bicyclic) bond motifs is 1. The van der Waals surface area contributed by atoms with Gasteiger partial charge in [0.05, 0.1) is 18.9 Å². The van der Waals surface area contributed by atoms with Crippen molar-refractivity contribution >= 4 is 11.8 Å². The van der Waals surface area contributed by atoms with E-state index in [1.165, 1.54) is 28.0 Å². The molecule has 31 heavy (non-hydrogen) atoms. The van der Waals surface area contributed by atoms with Crippen molar-refractivity contribution in [3.05, 3.63) is 53.2 Å². The molecular weight excluding hydrogens is 384 g/mol. The SMILES string of the molecule is CN1CCN(c2ccc(-c3nccc4c3C=C(C(C)(C)N3CCOCC3)C4)cc2)CC1. The van der Waals surface area contributed by atoms with Crippen molar-refractivity contribution in [1.29, 1.82) is 0 Å². The first-order chi connectivity index (χ1) is 15.0. The highest BCUT2D eigenvalue weighted by molar-refractivity contribution is 5.79. The van der Waals surface area contributed by atoms with Crippen molar-refractivity contribution in [2.24, 2.45) is 0 Å². The number of nitrogens with zero attached hydrogens (tertiary/aromatic N) is 4. The number of aromatic nitrogens is 1. The van der Waals surface area contributed by atoms with Crippen molar-refractivity contribution in [2.45, 2.75) is 25.8 Å². The third kappa shape index (κ3) is 4.02.